The Bertz CT molecular complexity index is 977. The smallest absolute Gasteiger partial charge is 0.341 e. The standard InChI is InChI=1S/C18H15ClFN3O4/c1-11-2-3-12(19)6-16(11)23-8-13(21-22-23)9-26-14-4-5-17(15(20)7-14)27-10-18(24)25/h2-8H,9-10H2,1H3,(H,24,25). The summed E-state index contributed by atoms with van der Waals surface area (Å²) in [6.07, 6.45) is 1.69. The van der Waals surface area contributed by atoms with E-state index in [9.17, 15) is 9.18 Å². The molecule has 9 heteroatoms. The fraction of sp³-hybridized carbons (Fsp3) is 0.167. The Hall–Kier alpha value is -3.13. The van der Waals surface area contributed by atoms with Gasteiger partial charge in [-0.2, -0.15) is 0 Å². The Balaban J connectivity index is 1.66. The van der Waals surface area contributed by atoms with Gasteiger partial charge in [0, 0.05) is 11.1 Å². The molecule has 140 valence electrons. The highest BCUT2D eigenvalue weighted by Gasteiger charge is 2.10. The molecule has 1 N–H and O–H groups in total. The van der Waals surface area contributed by atoms with Crippen molar-refractivity contribution in [3.63, 3.8) is 0 Å². The lowest BCUT2D eigenvalue weighted by molar-refractivity contribution is -0.139. The number of hydrogen-bond donors (Lipinski definition) is 1. The van der Waals surface area contributed by atoms with Crippen molar-refractivity contribution in [2.45, 2.75) is 13.5 Å². The molecule has 1 heterocycles. The van der Waals surface area contributed by atoms with E-state index in [0.29, 0.717) is 10.7 Å². The number of nitrogens with zero attached hydrogens (tertiary/aromatic N) is 3. The molecule has 0 aliphatic heterocycles. The van der Waals surface area contributed by atoms with Gasteiger partial charge in [0.25, 0.3) is 0 Å². The Labute approximate surface area is 158 Å². The van der Waals surface area contributed by atoms with E-state index in [1.807, 2.05) is 13.0 Å². The number of halogens is 2. The van der Waals surface area contributed by atoms with Crippen LogP contribution in [0.25, 0.3) is 5.69 Å². The minimum Gasteiger partial charge on any atom is -0.487 e. The minimum absolute atomic E-state index is 0.0778. The number of aliphatic carboxylic acids is 1. The molecule has 0 unspecified atom stereocenters. The molecular formula is C18H15ClFN3O4. The van der Waals surface area contributed by atoms with E-state index in [1.54, 1.807) is 23.0 Å². The van der Waals surface area contributed by atoms with E-state index < -0.39 is 18.4 Å². The van der Waals surface area contributed by atoms with Crippen LogP contribution in [-0.4, -0.2) is 32.7 Å². The maximum atomic E-state index is 13.9. The minimum atomic E-state index is -1.19. The maximum Gasteiger partial charge on any atom is 0.341 e. The van der Waals surface area contributed by atoms with Crippen LogP contribution < -0.4 is 9.47 Å². The molecular weight excluding hydrogens is 377 g/mol. The van der Waals surface area contributed by atoms with Crippen LogP contribution in [0.1, 0.15) is 11.3 Å². The van der Waals surface area contributed by atoms with Gasteiger partial charge in [0.15, 0.2) is 18.2 Å². The normalized spacial score (nSPS) is 10.6. The third-order valence-corrected chi connectivity index (χ3v) is 3.84. The summed E-state index contributed by atoms with van der Waals surface area (Å²) in [5.41, 5.74) is 2.32. The molecule has 0 bridgehead atoms. The van der Waals surface area contributed by atoms with E-state index in [-0.39, 0.29) is 18.1 Å². The van der Waals surface area contributed by atoms with Gasteiger partial charge in [-0.25, -0.2) is 13.9 Å². The summed E-state index contributed by atoms with van der Waals surface area (Å²) in [5.74, 6) is -1.81. The number of aryl methyl sites for hydroxylation is 1. The molecule has 0 aliphatic rings. The highest BCUT2D eigenvalue weighted by Crippen LogP contribution is 2.23. The van der Waals surface area contributed by atoms with Crippen LogP contribution in [0.5, 0.6) is 11.5 Å². The zero-order valence-electron chi connectivity index (χ0n) is 14.2. The fourth-order valence-corrected chi connectivity index (χ4v) is 2.46. The third-order valence-electron chi connectivity index (χ3n) is 3.60. The van der Waals surface area contributed by atoms with Gasteiger partial charge in [0.1, 0.15) is 18.1 Å². The van der Waals surface area contributed by atoms with E-state index >= 15 is 0 Å². The molecule has 0 fully saturated rings. The highest BCUT2D eigenvalue weighted by molar-refractivity contribution is 6.30. The first-order valence-corrected chi connectivity index (χ1v) is 8.25. The van der Waals surface area contributed by atoms with Crippen LogP contribution in [0.15, 0.2) is 42.6 Å². The third kappa shape index (κ3) is 4.73. The molecule has 7 nitrogen and oxygen atoms in total. The van der Waals surface area contributed by atoms with Crippen molar-refractivity contribution in [2.24, 2.45) is 0 Å². The number of carboxylic acid groups (broad SMARTS) is 1. The fourth-order valence-electron chi connectivity index (χ4n) is 2.30. The number of carboxylic acids is 1. The van der Waals surface area contributed by atoms with Gasteiger partial charge >= 0.3 is 5.97 Å². The number of benzene rings is 2. The Morgan fingerprint density at radius 1 is 1.26 bits per heavy atom. The summed E-state index contributed by atoms with van der Waals surface area (Å²) in [6.45, 7) is 1.39. The predicted molar refractivity (Wildman–Crippen MR) is 95.0 cm³/mol. The number of rotatable bonds is 7. The molecule has 0 spiro atoms. The lowest BCUT2D eigenvalue weighted by Gasteiger charge is -2.08. The lowest BCUT2D eigenvalue weighted by atomic mass is 10.2. The second-order valence-corrected chi connectivity index (χ2v) is 6.09. The number of aromatic nitrogens is 3. The zero-order chi connectivity index (χ0) is 19.4. The second kappa shape index (κ2) is 8.05. The molecule has 2 aromatic carbocycles. The Kier molecular flexibility index (Phi) is 5.56. The first-order chi connectivity index (χ1) is 12.9. The number of carbonyl (C=O) groups is 1. The lowest BCUT2D eigenvalue weighted by Crippen LogP contribution is -2.10. The summed E-state index contributed by atoms with van der Waals surface area (Å²) < 4.78 is 25.8. The topological polar surface area (TPSA) is 86.5 Å². The molecule has 0 saturated heterocycles. The van der Waals surface area contributed by atoms with Crippen molar-refractivity contribution in [1.29, 1.82) is 0 Å². The van der Waals surface area contributed by atoms with E-state index in [1.165, 1.54) is 12.1 Å². The average Bonchev–Trinajstić information content (AvgIpc) is 3.10. The van der Waals surface area contributed by atoms with Crippen molar-refractivity contribution in [3.8, 4) is 17.2 Å². The van der Waals surface area contributed by atoms with E-state index in [2.05, 4.69) is 10.3 Å². The molecule has 27 heavy (non-hydrogen) atoms. The molecule has 0 atom stereocenters. The van der Waals surface area contributed by atoms with Gasteiger partial charge in [0.05, 0.1) is 11.9 Å². The molecule has 3 aromatic rings. The van der Waals surface area contributed by atoms with Crippen molar-refractivity contribution < 1.29 is 23.8 Å². The van der Waals surface area contributed by atoms with Crippen LogP contribution in [0.2, 0.25) is 5.02 Å². The van der Waals surface area contributed by atoms with Crippen molar-refractivity contribution in [3.05, 3.63) is 64.7 Å². The molecule has 0 radical (unpaired) electrons. The Morgan fingerprint density at radius 3 is 2.81 bits per heavy atom. The van der Waals surface area contributed by atoms with Gasteiger partial charge in [-0.05, 0) is 36.8 Å². The molecule has 0 aliphatic carbocycles. The maximum absolute atomic E-state index is 13.9. The Morgan fingerprint density at radius 2 is 2.07 bits per heavy atom. The van der Waals surface area contributed by atoms with Crippen molar-refractivity contribution >= 4 is 17.6 Å². The molecule has 1 aromatic heterocycles. The summed E-state index contributed by atoms with van der Waals surface area (Å²) in [6, 6.07) is 9.35. The number of ether oxygens (including phenoxy) is 2. The first-order valence-electron chi connectivity index (χ1n) is 7.87. The van der Waals surface area contributed by atoms with Crippen LogP contribution in [0.4, 0.5) is 4.39 Å². The van der Waals surface area contributed by atoms with Gasteiger partial charge in [-0.3, -0.25) is 0 Å². The summed E-state index contributed by atoms with van der Waals surface area (Å²) >= 11 is 6.02. The summed E-state index contributed by atoms with van der Waals surface area (Å²) in [5, 5.41) is 17.2. The van der Waals surface area contributed by atoms with Crippen molar-refractivity contribution in [1.82, 2.24) is 15.0 Å². The summed E-state index contributed by atoms with van der Waals surface area (Å²) in [7, 11) is 0. The highest BCUT2D eigenvalue weighted by atomic mass is 35.5. The van der Waals surface area contributed by atoms with Crippen LogP contribution in [0.3, 0.4) is 0 Å². The van der Waals surface area contributed by atoms with Crippen LogP contribution in [-0.2, 0) is 11.4 Å². The van der Waals surface area contributed by atoms with Gasteiger partial charge in [-0.15, -0.1) is 5.10 Å². The quantitative estimate of drug-likeness (QED) is 0.664. The SMILES string of the molecule is Cc1ccc(Cl)cc1-n1cc(COc2ccc(OCC(=O)O)c(F)c2)nn1. The predicted octanol–water partition coefficient (Wildman–Crippen LogP) is 3.41. The van der Waals surface area contributed by atoms with Gasteiger partial charge < -0.3 is 14.6 Å². The molecule has 0 saturated carbocycles. The summed E-state index contributed by atoms with van der Waals surface area (Å²) in [4.78, 5) is 10.5. The van der Waals surface area contributed by atoms with Gasteiger partial charge in [-0.1, -0.05) is 22.9 Å². The number of hydrogen-bond acceptors (Lipinski definition) is 5. The van der Waals surface area contributed by atoms with E-state index in [4.69, 9.17) is 26.2 Å². The van der Waals surface area contributed by atoms with E-state index in [0.717, 1.165) is 17.3 Å². The second-order valence-electron chi connectivity index (χ2n) is 5.65. The average molecular weight is 392 g/mol. The molecule has 3 rings (SSSR count). The van der Waals surface area contributed by atoms with Crippen LogP contribution >= 0.6 is 11.6 Å². The monoisotopic (exact) mass is 391 g/mol. The first kappa shape index (κ1) is 18.7. The molecule has 0 amide bonds. The van der Waals surface area contributed by atoms with Crippen LogP contribution in [0, 0.1) is 12.7 Å². The largest absolute Gasteiger partial charge is 0.487 e. The van der Waals surface area contributed by atoms with Gasteiger partial charge in [0.2, 0.25) is 0 Å². The zero-order valence-corrected chi connectivity index (χ0v) is 15.0. The van der Waals surface area contributed by atoms with Crippen molar-refractivity contribution in [2.75, 3.05) is 6.61 Å².